The predicted molar refractivity (Wildman–Crippen MR) is 54.9 cm³/mol. The van der Waals surface area contributed by atoms with E-state index in [0.29, 0.717) is 17.9 Å². The van der Waals surface area contributed by atoms with Crippen LogP contribution in [0.25, 0.3) is 0 Å². The summed E-state index contributed by atoms with van der Waals surface area (Å²) in [6.07, 6.45) is 0.641. The minimum atomic E-state index is 0.111. The average molecular weight is 211 g/mol. The van der Waals surface area contributed by atoms with E-state index in [0.717, 1.165) is 0 Å². The molecule has 1 heterocycles. The molecular formula is C9H13N3O3. The molecule has 0 bridgehead atoms. The number of methoxy groups -OCH3 is 2. The number of carbonyl (C=O) groups is 1. The smallest absolute Gasteiger partial charge is 0.320 e. The average Bonchev–Trinajstić information content (AvgIpc) is 2.26. The van der Waals surface area contributed by atoms with Gasteiger partial charge in [0.2, 0.25) is 5.88 Å². The van der Waals surface area contributed by atoms with E-state index in [1.807, 2.05) is 0 Å². The van der Waals surface area contributed by atoms with Gasteiger partial charge in [-0.1, -0.05) is 0 Å². The summed E-state index contributed by atoms with van der Waals surface area (Å²) in [5, 5.41) is 0. The highest BCUT2D eigenvalue weighted by Gasteiger charge is 2.16. The van der Waals surface area contributed by atoms with E-state index in [1.54, 1.807) is 19.0 Å². The van der Waals surface area contributed by atoms with Gasteiger partial charge in [0.25, 0.3) is 0 Å². The number of nitrogens with zero attached hydrogens (tertiary/aromatic N) is 3. The van der Waals surface area contributed by atoms with E-state index in [1.165, 1.54) is 14.2 Å². The first kappa shape index (κ1) is 11.2. The lowest BCUT2D eigenvalue weighted by Crippen LogP contribution is -2.15. The number of aldehydes is 1. The fourth-order valence-electron chi connectivity index (χ4n) is 1.17. The summed E-state index contributed by atoms with van der Waals surface area (Å²) in [5.41, 5.74) is 0.775. The second-order valence-corrected chi connectivity index (χ2v) is 2.97. The molecule has 15 heavy (non-hydrogen) atoms. The first-order valence-corrected chi connectivity index (χ1v) is 4.26. The largest absolute Gasteiger partial charge is 0.479 e. The van der Waals surface area contributed by atoms with Crippen molar-refractivity contribution in [3.8, 4) is 11.9 Å². The Morgan fingerprint density at radius 1 is 1.20 bits per heavy atom. The molecular weight excluding hydrogens is 198 g/mol. The molecule has 82 valence electrons. The molecule has 0 atom stereocenters. The van der Waals surface area contributed by atoms with E-state index in [-0.39, 0.29) is 11.7 Å². The Labute approximate surface area is 87.8 Å². The van der Waals surface area contributed by atoms with Gasteiger partial charge in [0.1, 0.15) is 11.4 Å². The van der Waals surface area contributed by atoms with Crippen molar-refractivity contribution in [3.63, 3.8) is 0 Å². The van der Waals surface area contributed by atoms with Crippen LogP contribution in [0.3, 0.4) is 0 Å². The van der Waals surface area contributed by atoms with Gasteiger partial charge in [-0.3, -0.25) is 4.79 Å². The van der Waals surface area contributed by atoms with Crippen molar-refractivity contribution < 1.29 is 14.3 Å². The molecule has 0 fully saturated rings. The van der Waals surface area contributed by atoms with Crippen molar-refractivity contribution in [1.29, 1.82) is 0 Å². The molecule has 0 amide bonds. The molecule has 1 aromatic heterocycles. The highest BCUT2D eigenvalue weighted by Crippen LogP contribution is 2.28. The third kappa shape index (κ3) is 2.15. The van der Waals surface area contributed by atoms with Crippen LogP contribution in [-0.2, 0) is 0 Å². The molecule has 0 aliphatic rings. The van der Waals surface area contributed by atoms with Crippen molar-refractivity contribution in [2.75, 3.05) is 33.2 Å². The number of anilines is 1. The summed E-state index contributed by atoms with van der Waals surface area (Å²) < 4.78 is 9.91. The maximum atomic E-state index is 10.8. The molecule has 0 spiro atoms. The van der Waals surface area contributed by atoms with Crippen LogP contribution in [-0.4, -0.2) is 44.6 Å². The summed E-state index contributed by atoms with van der Waals surface area (Å²) in [4.78, 5) is 20.5. The second-order valence-electron chi connectivity index (χ2n) is 2.97. The van der Waals surface area contributed by atoms with E-state index in [4.69, 9.17) is 9.47 Å². The molecule has 0 radical (unpaired) electrons. The summed E-state index contributed by atoms with van der Waals surface area (Å²) in [6, 6.07) is 0.111. The van der Waals surface area contributed by atoms with Crippen molar-refractivity contribution in [1.82, 2.24) is 9.97 Å². The molecule has 0 aliphatic carbocycles. The van der Waals surface area contributed by atoms with Crippen molar-refractivity contribution in [2.45, 2.75) is 0 Å². The Kier molecular flexibility index (Phi) is 3.43. The standard InChI is InChI=1S/C9H13N3O3/c1-12(2)7-6(5-13)10-9(15-4)11-8(7)14-3/h5H,1-4H3. The van der Waals surface area contributed by atoms with Crippen molar-refractivity contribution in [2.24, 2.45) is 0 Å². The molecule has 0 saturated heterocycles. The summed E-state index contributed by atoms with van der Waals surface area (Å²) >= 11 is 0. The summed E-state index contributed by atoms with van der Waals surface area (Å²) in [7, 11) is 6.46. The van der Waals surface area contributed by atoms with Gasteiger partial charge in [-0.2, -0.15) is 9.97 Å². The highest BCUT2D eigenvalue weighted by atomic mass is 16.5. The lowest BCUT2D eigenvalue weighted by molar-refractivity contribution is 0.111. The zero-order valence-corrected chi connectivity index (χ0v) is 9.14. The van der Waals surface area contributed by atoms with Crippen molar-refractivity contribution in [3.05, 3.63) is 5.69 Å². The Hall–Kier alpha value is -1.85. The van der Waals surface area contributed by atoms with Gasteiger partial charge in [0.15, 0.2) is 6.29 Å². The maximum Gasteiger partial charge on any atom is 0.320 e. The van der Waals surface area contributed by atoms with E-state index in [9.17, 15) is 4.79 Å². The number of hydrogen-bond acceptors (Lipinski definition) is 6. The quantitative estimate of drug-likeness (QED) is 0.670. The molecule has 0 aliphatic heterocycles. The molecule has 0 N–H and O–H groups in total. The first-order valence-electron chi connectivity index (χ1n) is 4.26. The van der Waals surface area contributed by atoms with Gasteiger partial charge in [-0.25, -0.2) is 0 Å². The lowest BCUT2D eigenvalue weighted by atomic mass is 10.3. The number of rotatable bonds is 4. The van der Waals surface area contributed by atoms with Crippen LogP contribution in [0.1, 0.15) is 10.5 Å². The van der Waals surface area contributed by atoms with Gasteiger partial charge in [-0.05, 0) is 0 Å². The Balaban J connectivity index is 3.39. The van der Waals surface area contributed by atoms with Crippen LogP contribution in [0.2, 0.25) is 0 Å². The monoisotopic (exact) mass is 211 g/mol. The third-order valence-electron chi connectivity index (χ3n) is 1.79. The van der Waals surface area contributed by atoms with E-state index >= 15 is 0 Å². The molecule has 1 rings (SSSR count). The van der Waals surface area contributed by atoms with Gasteiger partial charge >= 0.3 is 6.01 Å². The molecule has 0 aromatic carbocycles. The van der Waals surface area contributed by atoms with Gasteiger partial charge in [0.05, 0.1) is 14.2 Å². The van der Waals surface area contributed by atoms with Crippen LogP contribution >= 0.6 is 0 Å². The zero-order valence-electron chi connectivity index (χ0n) is 9.14. The zero-order chi connectivity index (χ0) is 11.4. The number of hydrogen-bond donors (Lipinski definition) is 0. The minimum absolute atomic E-state index is 0.111. The maximum absolute atomic E-state index is 10.8. The lowest BCUT2D eigenvalue weighted by Gasteiger charge is -2.17. The van der Waals surface area contributed by atoms with E-state index < -0.39 is 0 Å². The SMILES string of the molecule is COc1nc(C=O)c(N(C)C)c(OC)n1. The van der Waals surface area contributed by atoms with Crippen LogP contribution in [0.4, 0.5) is 5.69 Å². The normalized spacial score (nSPS) is 9.60. The van der Waals surface area contributed by atoms with Crippen LogP contribution < -0.4 is 14.4 Å². The topological polar surface area (TPSA) is 64.5 Å². The van der Waals surface area contributed by atoms with Crippen LogP contribution in [0.5, 0.6) is 11.9 Å². The number of carbonyl (C=O) groups excluding carboxylic acids is 1. The molecule has 6 nitrogen and oxygen atoms in total. The van der Waals surface area contributed by atoms with Crippen LogP contribution in [0, 0.1) is 0 Å². The van der Waals surface area contributed by atoms with Gasteiger partial charge in [-0.15, -0.1) is 0 Å². The van der Waals surface area contributed by atoms with Gasteiger partial charge in [0, 0.05) is 14.1 Å². The minimum Gasteiger partial charge on any atom is -0.479 e. The molecule has 0 unspecified atom stereocenters. The molecule has 0 saturated carbocycles. The van der Waals surface area contributed by atoms with Crippen molar-refractivity contribution >= 4 is 12.0 Å². The number of ether oxygens (including phenoxy) is 2. The van der Waals surface area contributed by atoms with E-state index in [2.05, 4.69) is 9.97 Å². The van der Waals surface area contributed by atoms with Crippen LogP contribution in [0.15, 0.2) is 0 Å². The number of aromatic nitrogens is 2. The summed E-state index contributed by atoms with van der Waals surface area (Å²) in [5.74, 6) is 0.314. The molecule has 1 aromatic rings. The third-order valence-corrected chi connectivity index (χ3v) is 1.79. The Bertz CT molecular complexity index is 366. The Morgan fingerprint density at radius 2 is 1.87 bits per heavy atom. The summed E-state index contributed by atoms with van der Waals surface area (Å²) in [6.45, 7) is 0. The molecule has 6 heteroatoms. The highest BCUT2D eigenvalue weighted by molar-refractivity contribution is 5.84. The second kappa shape index (κ2) is 4.59. The Morgan fingerprint density at radius 3 is 2.27 bits per heavy atom. The fraction of sp³-hybridized carbons (Fsp3) is 0.444. The fourth-order valence-corrected chi connectivity index (χ4v) is 1.17. The van der Waals surface area contributed by atoms with Gasteiger partial charge < -0.3 is 14.4 Å². The predicted octanol–water partition coefficient (Wildman–Crippen LogP) is 0.372. The first-order chi connectivity index (χ1) is 7.13.